The van der Waals surface area contributed by atoms with E-state index in [0.29, 0.717) is 19.4 Å². The average molecular weight is 232 g/mol. The van der Waals surface area contributed by atoms with E-state index in [1.807, 2.05) is 0 Å². The summed E-state index contributed by atoms with van der Waals surface area (Å²) in [5.74, 6) is -1.61. The van der Waals surface area contributed by atoms with Crippen LogP contribution in [0.1, 0.15) is 19.3 Å². The van der Waals surface area contributed by atoms with Crippen molar-refractivity contribution in [3.05, 3.63) is 0 Å². The van der Waals surface area contributed by atoms with E-state index in [1.165, 1.54) is 0 Å². The Kier molecular flexibility index (Phi) is 7.44. The number of carboxylic acid groups (broad SMARTS) is 1. The van der Waals surface area contributed by atoms with Crippen molar-refractivity contribution in [3.8, 4) is 0 Å². The van der Waals surface area contributed by atoms with Crippen LogP contribution in [0.4, 0.5) is 0 Å². The maximum atomic E-state index is 11.3. The van der Waals surface area contributed by atoms with Crippen LogP contribution in [0.25, 0.3) is 0 Å². The van der Waals surface area contributed by atoms with Crippen LogP contribution in [0.3, 0.4) is 0 Å². The topological polar surface area (TPSA) is 144 Å². The number of carbonyl (C=O) groups excluding carboxylic acids is 1. The third-order valence-corrected chi connectivity index (χ3v) is 2.15. The quantitative estimate of drug-likeness (QED) is 0.305. The second kappa shape index (κ2) is 8.03. The Morgan fingerprint density at radius 2 is 1.88 bits per heavy atom. The summed E-state index contributed by atoms with van der Waals surface area (Å²) in [5, 5.41) is 11.2. The highest BCUT2D eigenvalue weighted by molar-refractivity contribution is 5.86. The zero-order valence-electron chi connectivity index (χ0n) is 9.19. The second-order valence-corrected chi connectivity index (χ2v) is 3.53. The first-order valence-corrected chi connectivity index (χ1v) is 5.21. The molecule has 16 heavy (non-hydrogen) atoms. The van der Waals surface area contributed by atoms with Gasteiger partial charge in [-0.3, -0.25) is 4.79 Å². The molecule has 0 aliphatic carbocycles. The SMILES string of the molecule is NCCCC[C@H](NC(=O)[C@H](N)CN)C(=O)O. The van der Waals surface area contributed by atoms with Gasteiger partial charge < -0.3 is 27.6 Å². The van der Waals surface area contributed by atoms with Gasteiger partial charge >= 0.3 is 5.97 Å². The Hall–Kier alpha value is -1.18. The number of aliphatic carboxylic acids is 1. The molecule has 7 nitrogen and oxygen atoms in total. The fourth-order valence-corrected chi connectivity index (χ4v) is 1.14. The van der Waals surface area contributed by atoms with Crippen molar-refractivity contribution in [3.63, 3.8) is 0 Å². The van der Waals surface area contributed by atoms with Crippen LogP contribution >= 0.6 is 0 Å². The van der Waals surface area contributed by atoms with Gasteiger partial charge in [-0.15, -0.1) is 0 Å². The van der Waals surface area contributed by atoms with Gasteiger partial charge in [0.2, 0.25) is 5.91 Å². The van der Waals surface area contributed by atoms with Crippen LogP contribution in [0.5, 0.6) is 0 Å². The van der Waals surface area contributed by atoms with Gasteiger partial charge in [0.1, 0.15) is 6.04 Å². The molecular weight excluding hydrogens is 212 g/mol. The molecule has 7 heteroatoms. The summed E-state index contributed by atoms with van der Waals surface area (Å²) in [4.78, 5) is 22.1. The number of rotatable bonds is 8. The monoisotopic (exact) mass is 232 g/mol. The lowest BCUT2D eigenvalue weighted by Gasteiger charge is -2.16. The molecule has 0 spiro atoms. The van der Waals surface area contributed by atoms with E-state index in [4.69, 9.17) is 22.3 Å². The van der Waals surface area contributed by atoms with Crippen molar-refractivity contribution in [1.82, 2.24) is 5.32 Å². The Labute approximate surface area is 94.3 Å². The van der Waals surface area contributed by atoms with Gasteiger partial charge in [-0.05, 0) is 25.8 Å². The number of hydrogen-bond acceptors (Lipinski definition) is 5. The molecule has 0 aromatic heterocycles. The van der Waals surface area contributed by atoms with E-state index in [0.717, 1.165) is 6.42 Å². The third-order valence-electron chi connectivity index (χ3n) is 2.15. The largest absolute Gasteiger partial charge is 0.480 e. The van der Waals surface area contributed by atoms with Crippen molar-refractivity contribution in [2.45, 2.75) is 31.3 Å². The minimum atomic E-state index is -1.07. The summed E-state index contributed by atoms with van der Waals surface area (Å²) in [6.07, 6.45) is 1.71. The van der Waals surface area contributed by atoms with Crippen molar-refractivity contribution >= 4 is 11.9 Å². The van der Waals surface area contributed by atoms with E-state index >= 15 is 0 Å². The molecule has 0 bridgehead atoms. The lowest BCUT2D eigenvalue weighted by atomic mass is 10.1. The van der Waals surface area contributed by atoms with Crippen LogP contribution in [-0.2, 0) is 9.59 Å². The summed E-state index contributed by atoms with van der Waals surface area (Å²) < 4.78 is 0. The highest BCUT2D eigenvalue weighted by atomic mass is 16.4. The minimum Gasteiger partial charge on any atom is -0.480 e. The molecule has 8 N–H and O–H groups in total. The molecule has 0 rings (SSSR count). The van der Waals surface area contributed by atoms with Crippen LogP contribution in [0.2, 0.25) is 0 Å². The van der Waals surface area contributed by atoms with E-state index in [9.17, 15) is 9.59 Å². The zero-order valence-corrected chi connectivity index (χ0v) is 9.19. The van der Waals surface area contributed by atoms with Crippen molar-refractivity contribution in [1.29, 1.82) is 0 Å². The molecular formula is C9H20N4O3. The number of carboxylic acids is 1. The Bertz CT molecular complexity index is 235. The van der Waals surface area contributed by atoms with E-state index in [-0.39, 0.29) is 6.54 Å². The lowest BCUT2D eigenvalue weighted by Crippen LogP contribution is -2.51. The van der Waals surface area contributed by atoms with Crippen molar-refractivity contribution < 1.29 is 14.7 Å². The first kappa shape index (κ1) is 14.8. The Morgan fingerprint density at radius 3 is 2.31 bits per heavy atom. The van der Waals surface area contributed by atoms with E-state index < -0.39 is 24.0 Å². The number of amides is 1. The highest BCUT2D eigenvalue weighted by Gasteiger charge is 2.21. The molecule has 94 valence electrons. The highest BCUT2D eigenvalue weighted by Crippen LogP contribution is 2.00. The van der Waals surface area contributed by atoms with E-state index in [1.54, 1.807) is 0 Å². The van der Waals surface area contributed by atoms with Crippen LogP contribution in [-0.4, -0.2) is 42.2 Å². The van der Waals surface area contributed by atoms with Gasteiger partial charge in [-0.2, -0.15) is 0 Å². The van der Waals surface area contributed by atoms with Crippen molar-refractivity contribution in [2.24, 2.45) is 17.2 Å². The predicted molar refractivity (Wildman–Crippen MR) is 59.5 cm³/mol. The molecule has 0 saturated carbocycles. The third kappa shape index (κ3) is 5.64. The molecule has 0 fully saturated rings. The molecule has 0 aromatic rings. The van der Waals surface area contributed by atoms with Gasteiger partial charge in [0.15, 0.2) is 0 Å². The Balaban J connectivity index is 4.12. The molecule has 0 unspecified atom stereocenters. The van der Waals surface area contributed by atoms with E-state index in [2.05, 4.69) is 5.32 Å². The average Bonchev–Trinajstić information content (AvgIpc) is 2.26. The molecule has 0 aliphatic heterocycles. The van der Waals surface area contributed by atoms with Crippen molar-refractivity contribution in [2.75, 3.05) is 13.1 Å². The Morgan fingerprint density at radius 1 is 1.25 bits per heavy atom. The van der Waals surface area contributed by atoms with Gasteiger partial charge in [0.25, 0.3) is 0 Å². The number of unbranched alkanes of at least 4 members (excludes halogenated alkanes) is 1. The van der Waals surface area contributed by atoms with Gasteiger partial charge in [0, 0.05) is 6.54 Å². The summed E-state index contributed by atoms with van der Waals surface area (Å²) in [6.45, 7) is 0.490. The lowest BCUT2D eigenvalue weighted by molar-refractivity contribution is -0.142. The minimum absolute atomic E-state index is 0.0129. The number of hydrogen-bond donors (Lipinski definition) is 5. The number of nitrogens with two attached hydrogens (primary N) is 3. The summed E-state index contributed by atoms with van der Waals surface area (Å²) in [7, 11) is 0. The molecule has 0 radical (unpaired) electrons. The first-order valence-electron chi connectivity index (χ1n) is 5.21. The van der Waals surface area contributed by atoms with Crippen LogP contribution < -0.4 is 22.5 Å². The smallest absolute Gasteiger partial charge is 0.326 e. The fourth-order valence-electron chi connectivity index (χ4n) is 1.14. The first-order chi connectivity index (χ1) is 7.52. The summed E-state index contributed by atoms with van der Waals surface area (Å²) in [6, 6.07) is -1.78. The molecule has 1 amide bonds. The molecule has 0 heterocycles. The maximum Gasteiger partial charge on any atom is 0.326 e. The van der Waals surface area contributed by atoms with Crippen LogP contribution in [0.15, 0.2) is 0 Å². The summed E-state index contributed by atoms with van der Waals surface area (Å²) in [5.41, 5.74) is 15.9. The zero-order chi connectivity index (χ0) is 12.6. The van der Waals surface area contributed by atoms with Gasteiger partial charge in [0.05, 0.1) is 6.04 Å². The standard InChI is InChI=1S/C9H20N4O3/c10-4-2-1-3-7(9(15)16)13-8(14)6(12)5-11/h6-7H,1-5,10-12H2,(H,13,14)(H,15,16)/t6-,7+/m1/s1. The van der Waals surface area contributed by atoms with Gasteiger partial charge in [-0.25, -0.2) is 4.79 Å². The molecule has 2 atom stereocenters. The van der Waals surface area contributed by atoms with Crippen LogP contribution in [0, 0.1) is 0 Å². The number of nitrogens with one attached hydrogen (secondary N) is 1. The molecule has 0 aliphatic rings. The predicted octanol–water partition coefficient (Wildman–Crippen LogP) is -2.03. The summed E-state index contributed by atoms with van der Waals surface area (Å²) >= 11 is 0. The number of carbonyl (C=O) groups is 2. The molecule has 0 saturated heterocycles. The fraction of sp³-hybridized carbons (Fsp3) is 0.778. The second-order valence-electron chi connectivity index (χ2n) is 3.53. The maximum absolute atomic E-state index is 11.3. The van der Waals surface area contributed by atoms with Gasteiger partial charge in [-0.1, -0.05) is 0 Å². The normalized spacial score (nSPS) is 14.2. The molecule has 0 aromatic carbocycles.